The molecule has 0 saturated heterocycles. The number of rotatable bonds is 5. The summed E-state index contributed by atoms with van der Waals surface area (Å²) in [7, 11) is 0. The normalized spacial score (nSPS) is 11.0. The molecule has 1 amide bonds. The van der Waals surface area contributed by atoms with Crippen LogP contribution in [0.3, 0.4) is 0 Å². The zero-order valence-electron chi connectivity index (χ0n) is 14.3. The summed E-state index contributed by atoms with van der Waals surface area (Å²) in [4.78, 5) is 12.8. The highest BCUT2D eigenvalue weighted by Gasteiger charge is 2.22. The van der Waals surface area contributed by atoms with E-state index < -0.39 is 23.2 Å². The summed E-state index contributed by atoms with van der Waals surface area (Å²) in [6.45, 7) is 4.61. The lowest BCUT2D eigenvalue weighted by atomic mass is 10.1. The summed E-state index contributed by atoms with van der Waals surface area (Å²) in [5, 5.41) is 3.37. The number of aryl methyl sites for hydroxylation is 2. The first-order valence-electron chi connectivity index (χ1n) is 8.37. The van der Waals surface area contributed by atoms with Gasteiger partial charge in [-0.25, -0.2) is 8.78 Å². The summed E-state index contributed by atoms with van der Waals surface area (Å²) >= 11 is 0. The number of aromatic nitrogens is 1. The number of hydrogen-bond donors (Lipinski definition) is 1. The Morgan fingerprint density at radius 2 is 1.76 bits per heavy atom. The number of nitrogens with one attached hydrogen (secondary N) is 1. The standard InChI is InChI=1S/C20H20F2N2O/c1-3-4-12-24-17-11-6-5-8-14(17)13(2)19(24)20(25)23-18-15(21)9-7-10-16(18)22/h5-11H,3-4,12H2,1-2H3,(H,23,25). The van der Waals surface area contributed by atoms with Crippen molar-refractivity contribution in [2.45, 2.75) is 33.2 Å². The number of hydrogen-bond acceptors (Lipinski definition) is 1. The molecule has 0 aliphatic heterocycles. The largest absolute Gasteiger partial charge is 0.336 e. The number of nitrogens with zero attached hydrogens (tertiary/aromatic N) is 1. The van der Waals surface area contributed by atoms with E-state index in [1.54, 1.807) is 0 Å². The van der Waals surface area contributed by atoms with Gasteiger partial charge >= 0.3 is 0 Å². The number of halogens is 2. The smallest absolute Gasteiger partial charge is 0.272 e. The SMILES string of the molecule is CCCCn1c(C(=O)Nc2c(F)cccc2F)c(C)c2ccccc21. The third-order valence-corrected chi connectivity index (χ3v) is 4.38. The van der Waals surface area contributed by atoms with Crippen molar-refractivity contribution in [1.82, 2.24) is 4.57 Å². The van der Waals surface area contributed by atoms with Crippen LogP contribution in [-0.4, -0.2) is 10.5 Å². The first-order chi connectivity index (χ1) is 12.0. The number of anilines is 1. The van der Waals surface area contributed by atoms with E-state index in [9.17, 15) is 13.6 Å². The van der Waals surface area contributed by atoms with Gasteiger partial charge in [-0.05, 0) is 37.1 Å². The van der Waals surface area contributed by atoms with Crippen molar-refractivity contribution in [1.29, 1.82) is 0 Å². The maximum absolute atomic E-state index is 13.9. The lowest BCUT2D eigenvalue weighted by Gasteiger charge is -2.12. The molecule has 0 aliphatic carbocycles. The molecule has 0 radical (unpaired) electrons. The molecule has 25 heavy (non-hydrogen) atoms. The van der Waals surface area contributed by atoms with E-state index in [1.165, 1.54) is 6.07 Å². The van der Waals surface area contributed by atoms with E-state index in [0.29, 0.717) is 12.2 Å². The van der Waals surface area contributed by atoms with Gasteiger partial charge in [0.1, 0.15) is 23.0 Å². The first kappa shape index (κ1) is 17.1. The fraction of sp³-hybridized carbons (Fsp3) is 0.250. The molecular weight excluding hydrogens is 322 g/mol. The van der Waals surface area contributed by atoms with Crippen LogP contribution in [0, 0.1) is 18.6 Å². The van der Waals surface area contributed by atoms with Gasteiger partial charge in [0, 0.05) is 17.4 Å². The fourth-order valence-corrected chi connectivity index (χ4v) is 3.11. The van der Waals surface area contributed by atoms with Crippen molar-refractivity contribution < 1.29 is 13.6 Å². The quantitative estimate of drug-likeness (QED) is 0.672. The van der Waals surface area contributed by atoms with E-state index in [0.717, 1.165) is 41.4 Å². The summed E-state index contributed by atoms with van der Waals surface area (Å²) < 4.78 is 29.7. The van der Waals surface area contributed by atoms with Crippen molar-refractivity contribution in [3.8, 4) is 0 Å². The van der Waals surface area contributed by atoms with Crippen molar-refractivity contribution in [3.63, 3.8) is 0 Å². The van der Waals surface area contributed by atoms with Crippen molar-refractivity contribution in [2.75, 3.05) is 5.32 Å². The van der Waals surface area contributed by atoms with Gasteiger partial charge in [-0.1, -0.05) is 37.6 Å². The molecule has 3 nitrogen and oxygen atoms in total. The van der Waals surface area contributed by atoms with Crippen molar-refractivity contribution in [3.05, 3.63) is 65.4 Å². The molecule has 3 rings (SSSR count). The molecule has 5 heteroatoms. The Labute approximate surface area is 145 Å². The molecule has 1 N–H and O–H groups in total. The lowest BCUT2D eigenvalue weighted by molar-refractivity contribution is 0.101. The van der Waals surface area contributed by atoms with Gasteiger partial charge in [0.15, 0.2) is 0 Å². The molecule has 0 unspecified atom stereocenters. The summed E-state index contributed by atoms with van der Waals surface area (Å²) in [5.74, 6) is -2.08. The fourth-order valence-electron chi connectivity index (χ4n) is 3.11. The molecule has 0 fully saturated rings. The molecule has 0 bridgehead atoms. The topological polar surface area (TPSA) is 34.0 Å². The Morgan fingerprint density at radius 1 is 1.08 bits per heavy atom. The number of unbranched alkanes of at least 4 members (excludes halogenated alkanes) is 1. The zero-order valence-corrected chi connectivity index (χ0v) is 14.3. The summed E-state index contributed by atoms with van der Waals surface area (Å²) in [6, 6.07) is 11.3. The molecule has 2 aromatic carbocycles. The number of fused-ring (bicyclic) bond motifs is 1. The molecule has 1 aromatic heterocycles. The van der Waals surface area contributed by atoms with Crippen LogP contribution in [0.4, 0.5) is 14.5 Å². The third-order valence-electron chi connectivity index (χ3n) is 4.38. The van der Waals surface area contributed by atoms with Gasteiger partial charge in [0.05, 0.1) is 0 Å². The van der Waals surface area contributed by atoms with Crippen LogP contribution in [0.1, 0.15) is 35.8 Å². The highest BCUT2D eigenvalue weighted by Crippen LogP contribution is 2.28. The second-order valence-electron chi connectivity index (χ2n) is 6.05. The van der Waals surface area contributed by atoms with Crippen LogP contribution >= 0.6 is 0 Å². The van der Waals surface area contributed by atoms with Crippen LogP contribution < -0.4 is 5.32 Å². The predicted molar refractivity (Wildman–Crippen MR) is 95.9 cm³/mol. The molecule has 1 heterocycles. The predicted octanol–water partition coefficient (Wildman–Crippen LogP) is 5.28. The zero-order chi connectivity index (χ0) is 18.0. The van der Waals surface area contributed by atoms with Crippen LogP contribution in [0.2, 0.25) is 0 Å². The van der Waals surface area contributed by atoms with Crippen LogP contribution in [0.25, 0.3) is 10.9 Å². The number of carbonyl (C=O) groups excluding carboxylic acids is 1. The van der Waals surface area contributed by atoms with Gasteiger partial charge in [-0.3, -0.25) is 4.79 Å². The first-order valence-corrected chi connectivity index (χ1v) is 8.37. The van der Waals surface area contributed by atoms with Gasteiger partial charge in [-0.2, -0.15) is 0 Å². The number of para-hydroxylation sites is 2. The van der Waals surface area contributed by atoms with E-state index >= 15 is 0 Å². The monoisotopic (exact) mass is 342 g/mol. The maximum atomic E-state index is 13.9. The minimum Gasteiger partial charge on any atom is -0.336 e. The van der Waals surface area contributed by atoms with Crippen molar-refractivity contribution in [2.24, 2.45) is 0 Å². The average molecular weight is 342 g/mol. The second-order valence-corrected chi connectivity index (χ2v) is 6.05. The molecule has 0 atom stereocenters. The Kier molecular flexibility index (Phi) is 4.83. The minimum atomic E-state index is -0.790. The summed E-state index contributed by atoms with van der Waals surface area (Å²) in [5.41, 5.74) is 1.78. The Bertz CT molecular complexity index is 911. The van der Waals surface area contributed by atoms with E-state index in [4.69, 9.17) is 0 Å². The van der Waals surface area contributed by atoms with Gasteiger partial charge < -0.3 is 9.88 Å². The third kappa shape index (κ3) is 3.14. The number of carbonyl (C=O) groups is 1. The molecule has 3 aromatic rings. The van der Waals surface area contributed by atoms with Crippen LogP contribution in [-0.2, 0) is 6.54 Å². The van der Waals surface area contributed by atoms with E-state index in [1.807, 2.05) is 35.8 Å². The Balaban J connectivity index is 2.07. The second kappa shape index (κ2) is 7.05. The van der Waals surface area contributed by atoms with Gasteiger partial charge in [0.2, 0.25) is 0 Å². The van der Waals surface area contributed by atoms with E-state index in [2.05, 4.69) is 12.2 Å². The number of amides is 1. The van der Waals surface area contributed by atoms with Crippen LogP contribution in [0.5, 0.6) is 0 Å². The highest BCUT2D eigenvalue weighted by molar-refractivity contribution is 6.08. The Hall–Kier alpha value is -2.69. The molecule has 0 spiro atoms. The molecule has 0 aliphatic rings. The Morgan fingerprint density at radius 3 is 2.44 bits per heavy atom. The molecule has 130 valence electrons. The molecular formula is C20H20F2N2O. The minimum absolute atomic E-state index is 0.417. The average Bonchev–Trinajstić information content (AvgIpc) is 2.89. The molecule has 0 saturated carbocycles. The van der Waals surface area contributed by atoms with Gasteiger partial charge in [-0.15, -0.1) is 0 Å². The number of benzene rings is 2. The van der Waals surface area contributed by atoms with Gasteiger partial charge in [0.25, 0.3) is 5.91 Å². The van der Waals surface area contributed by atoms with Crippen LogP contribution in [0.15, 0.2) is 42.5 Å². The lowest BCUT2D eigenvalue weighted by Crippen LogP contribution is -2.19. The van der Waals surface area contributed by atoms with E-state index in [-0.39, 0.29) is 0 Å². The summed E-state index contributed by atoms with van der Waals surface area (Å²) in [6.07, 6.45) is 1.89. The highest BCUT2D eigenvalue weighted by atomic mass is 19.1. The van der Waals surface area contributed by atoms with Crippen molar-refractivity contribution >= 4 is 22.5 Å². The maximum Gasteiger partial charge on any atom is 0.272 e.